The van der Waals surface area contributed by atoms with Crippen molar-refractivity contribution in [3.8, 4) is 17.0 Å². The van der Waals surface area contributed by atoms with E-state index in [-0.39, 0.29) is 19.1 Å². The Balaban J connectivity index is 1.58. The number of nitrogens with zero attached hydrogens (tertiary/aromatic N) is 1. The molecule has 3 aromatic carbocycles. The first-order valence-electron chi connectivity index (χ1n) is 9.55. The lowest BCUT2D eigenvalue weighted by Crippen LogP contribution is -2.20. The van der Waals surface area contributed by atoms with Crippen LogP contribution >= 0.6 is 0 Å². The minimum absolute atomic E-state index is 0.157. The van der Waals surface area contributed by atoms with E-state index in [1.54, 1.807) is 24.3 Å². The van der Waals surface area contributed by atoms with E-state index < -0.39 is 5.91 Å². The molecule has 1 heterocycles. The van der Waals surface area contributed by atoms with Gasteiger partial charge in [-0.1, -0.05) is 54.6 Å². The molecule has 0 saturated carbocycles. The maximum atomic E-state index is 12.8. The fraction of sp³-hybridized carbons (Fsp3) is 0.0833. The predicted octanol–water partition coefficient (Wildman–Crippen LogP) is 3.81. The zero-order chi connectivity index (χ0) is 20.9. The van der Waals surface area contributed by atoms with Crippen LogP contribution in [-0.4, -0.2) is 23.0 Å². The number of amides is 2. The van der Waals surface area contributed by atoms with Gasteiger partial charge in [-0.2, -0.15) is 0 Å². The molecule has 4 rings (SSSR count). The van der Waals surface area contributed by atoms with Gasteiger partial charge in [0.1, 0.15) is 12.3 Å². The van der Waals surface area contributed by atoms with Gasteiger partial charge in [0.05, 0.1) is 0 Å². The van der Waals surface area contributed by atoms with Crippen molar-refractivity contribution in [1.82, 2.24) is 4.57 Å². The molecular weight excluding hydrogens is 378 g/mol. The Morgan fingerprint density at radius 2 is 1.67 bits per heavy atom. The SMILES string of the molecule is NC(=O)COc1cccc(NC(=O)Cn2c(-c3ccccc3)cc3ccccc32)c1. The number of nitrogens with two attached hydrogens (primary N) is 1. The van der Waals surface area contributed by atoms with Gasteiger partial charge < -0.3 is 20.4 Å². The van der Waals surface area contributed by atoms with Crippen LogP contribution < -0.4 is 15.8 Å². The molecule has 3 N–H and O–H groups in total. The monoisotopic (exact) mass is 399 g/mol. The van der Waals surface area contributed by atoms with Crippen LogP contribution in [0.1, 0.15) is 0 Å². The third-order valence-corrected chi connectivity index (χ3v) is 4.68. The number of benzene rings is 3. The fourth-order valence-corrected chi connectivity index (χ4v) is 3.39. The van der Waals surface area contributed by atoms with Gasteiger partial charge >= 0.3 is 0 Å². The smallest absolute Gasteiger partial charge is 0.255 e. The summed E-state index contributed by atoms with van der Waals surface area (Å²) < 4.78 is 7.31. The predicted molar refractivity (Wildman–Crippen MR) is 117 cm³/mol. The summed E-state index contributed by atoms with van der Waals surface area (Å²) >= 11 is 0. The van der Waals surface area contributed by atoms with Crippen LogP contribution in [0.4, 0.5) is 5.69 Å². The second-order valence-electron chi connectivity index (χ2n) is 6.87. The minimum Gasteiger partial charge on any atom is -0.484 e. The van der Waals surface area contributed by atoms with Crippen LogP contribution in [0, 0.1) is 0 Å². The van der Waals surface area contributed by atoms with Gasteiger partial charge in [-0.15, -0.1) is 0 Å². The topological polar surface area (TPSA) is 86.4 Å². The number of carbonyl (C=O) groups is 2. The molecule has 0 fully saturated rings. The Morgan fingerprint density at radius 3 is 2.47 bits per heavy atom. The molecule has 0 aliphatic carbocycles. The van der Waals surface area contributed by atoms with Crippen molar-refractivity contribution in [3.05, 3.63) is 84.9 Å². The number of hydrogen-bond donors (Lipinski definition) is 2. The van der Waals surface area contributed by atoms with Gasteiger partial charge in [0, 0.05) is 28.4 Å². The summed E-state index contributed by atoms with van der Waals surface area (Å²) in [5.41, 5.74) is 8.70. The van der Waals surface area contributed by atoms with Crippen LogP contribution in [0.5, 0.6) is 5.75 Å². The van der Waals surface area contributed by atoms with Crippen molar-refractivity contribution in [3.63, 3.8) is 0 Å². The average molecular weight is 399 g/mol. The Hall–Kier alpha value is -4.06. The highest BCUT2D eigenvalue weighted by Gasteiger charge is 2.14. The molecule has 0 saturated heterocycles. The molecule has 0 aliphatic rings. The van der Waals surface area contributed by atoms with E-state index in [1.807, 2.05) is 59.2 Å². The van der Waals surface area contributed by atoms with E-state index in [2.05, 4.69) is 11.4 Å². The zero-order valence-corrected chi connectivity index (χ0v) is 16.2. The third kappa shape index (κ3) is 4.33. The summed E-state index contributed by atoms with van der Waals surface area (Å²) in [5, 5.41) is 3.97. The van der Waals surface area contributed by atoms with Crippen molar-refractivity contribution in [2.45, 2.75) is 6.54 Å². The van der Waals surface area contributed by atoms with E-state index in [0.717, 1.165) is 22.2 Å². The van der Waals surface area contributed by atoms with E-state index in [1.165, 1.54) is 0 Å². The van der Waals surface area contributed by atoms with Gasteiger partial charge in [0.2, 0.25) is 5.91 Å². The summed E-state index contributed by atoms with van der Waals surface area (Å²) in [6.07, 6.45) is 0. The largest absolute Gasteiger partial charge is 0.484 e. The molecule has 0 spiro atoms. The first-order valence-corrected chi connectivity index (χ1v) is 9.55. The fourth-order valence-electron chi connectivity index (χ4n) is 3.39. The molecule has 150 valence electrons. The van der Waals surface area contributed by atoms with Crippen LogP contribution in [0.15, 0.2) is 84.9 Å². The normalized spacial score (nSPS) is 10.7. The van der Waals surface area contributed by atoms with Crippen molar-refractivity contribution in [2.24, 2.45) is 5.73 Å². The molecule has 6 nitrogen and oxygen atoms in total. The number of para-hydroxylation sites is 1. The van der Waals surface area contributed by atoms with Crippen LogP contribution in [0.3, 0.4) is 0 Å². The molecule has 2 amide bonds. The molecule has 0 radical (unpaired) electrons. The Morgan fingerprint density at radius 1 is 0.900 bits per heavy atom. The average Bonchev–Trinajstić information content (AvgIpc) is 3.11. The molecule has 1 aromatic heterocycles. The van der Waals surface area contributed by atoms with Crippen molar-refractivity contribution >= 4 is 28.4 Å². The van der Waals surface area contributed by atoms with E-state index >= 15 is 0 Å². The van der Waals surface area contributed by atoms with Crippen molar-refractivity contribution in [1.29, 1.82) is 0 Å². The number of aromatic nitrogens is 1. The quantitative estimate of drug-likeness (QED) is 0.495. The Labute approximate surface area is 173 Å². The number of rotatable bonds is 7. The number of fused-ring (bicyclic) bond motifs is 1. The van der Waals surface area contributed by atoms with Crippen molar-refractivity contribution in [2.75, 3.05) is 11.9 Å². The van der Waals surface area contributed by atoms with E-state index in [4.69, 9.17) is 10.5 Å². The summed E-state index contributed by atoms with van der Waals surface area (Å²) in [5.74, 6) is -0.263. The first-order chi connectivity index (χ1) is 14.6. The summed E-state index contributed by atoms with van der Waals surface area (Å²) in [7, 11) is 0. The van der Waals surface area contributed by atoms with Crippen LogP contribution in [-0.2, 0) is 16.1 Å². The second-order valence-corrected chi connectivity index (χ2v) is 6.87. The Bertz CT molecular complexity index is 1200. The van der Waals surface area contributed by atoms with Crippen LogP contribution in [0.25, 0.3) is 22.2 Å². The molecule has 6 heteroatoms. The molecule has 4 aromatic rings. The highest BCUT2D eigenvalue weighted by atomic mass is 16.5. The maximum absolute atomic E-state index is 12.8. The van der Waals surface area contributed by atoms with E-state index in [9.17, 15) is 9.59 Å². The second kappa shape index (κ2) is 8.53. The summed E-state index contributed by atoms with van der Waals surface area (Å²) in [4.78, 5) is 23.7. The minimum atomic E-state index is -0.558. The Kier molecular flexibility index (Phi) is 5.48. The molecule has 0 aliphatic heterocycles. The summed E-state index contributed by atoms with van der Waals surface area (Å²) in [6, 6.07) is 26.9. The van der Waals surface area contributed by atoms with Gasteiger partial charge in [-0.25, -0.2) is 0 Å². The van der Waals surface area contributed by atoms with Crippen LogP contribution in [0.2, 0.25) is 0 Å². The van der Waals surface area contributed by atoms with Crippen molar-refractivity contribution < 1.29 is 14.3 Å². The maximum Gasteiger partial charge on any atom is 0.255 e. The molecule has 0 unspecified atom stereocenters. The molecule has 0 bridgehead atoms. The number of carbonyl (C=O) groups excluding carboxylic acids is 2. The zero-order valence-electron chi connectivity index (χ0n) is 16.2. The van der Waals surface area contributed by atoms with Gasteiger partial charge in [-0.3, -0.25) is 9.59 Å². The molecule has 30 heavy (non-hydrogen) atoms. The number of hydrogen-bond acceptors (Lipinski definition) is 3. The van der Waals surface area contributed by atoms with E-state index in [0.29, 0.717) is 11.4 Å². The lowest BCUT2D eigenvalue weighted by molar-refractivity contribution is -0.120. The van der Waals surface area contributed by atoms with Gasteiger partial charge in [-0.05, 0) is 29.8 Å². The molecular formula is C24H21N3O3. The third-order valence-electron chi connectivity index (χ3n) is 4.68. The standard InChI is InChI=1S/C24H21N3O3/c25-23(28)16-30-20-11-6-10-19(14-20)26-24(29)15-27-21-12-5-4-9-18(21)13-22(27)17-7-2-1-3-8-17/h1-14H,15-16H2,(H2,25,28)(H,26,29). The van der Waals surface area contributed by atoms with Gasteiger partial charge in [0.15, 0.2) is 6.61 Å². The number of primary amides is 1. The number of ether oxygens (including phenoxy) is 1. The lowest BCUT2D eigenvalue weighted by Gasteiger charge is -2.12. The van der Waals surface area contributed by atoms with Gasteiger partial charge in [0.25, 0.3) is 5.91 Å². The summed E-state index contributed by atoms with van der Waals surface area (Å²) in [6.45, 7) is -0.0582. The number of anilines is 1. The highest BCUT2D eigenvalue weighted by molar-refractivity contribution is 5.94. The molecule has 0 atom stereocenters. The lowest BCUT2D eigenvalue weighted by atomic mass is 10.1. The number of nitrogens with one attached hydrogen (secondary N) is 1. The highest BCUT2D eigenvalue weighted by Crippen LogP contribution is 2.28. The first kappa shape index (κ1) is 19.3.